The summed E-state index contributed by atoms with van der Waals surface area (Å²) in [6.45, 7) is 0. The monoisotopic (exact) mass is 341 g/mol. The fourth-order valence-corrected chi connectivity index (χ4v) is 3.03. The minimum absolute atomic E-state index is 0.116. The van der Waals surface area contributed by atoms with Crippen LogP contribution in [0.4, 0.5) is 10.1 Å². The largest absolute Gasteiger partial charge is 0.507 e. The first-order chi connectivity index (χ1) is 9.04. The van der Waals surface area contributed by atoms with Crippen LogP contribution in [0.25, 0.3) is 0 Å². The summed E-state index contributed by atoms with van der Waals surface area (Å²) in [7, 11) is 0. The number of aromatic hydroxyl groups is 1. The van der Waals surface area contributed by atoms with Crippen molar-refractivity contribution in [3.63, 3.8) is 0 Å². The summed E-state index contributed by atoms with van der Waals surface area (Å²) < 4.78 is 15.0. The lowest BCUT2D eigenvalue weighted by atomic mass is 10.0. The number of nitrogens with one attached hydrogen (secondary N) is 1. The summed E-state index contributed by atoms with van der Waals surface area (Å²) in [6, 6.07) is 8.16. The molecule has 0 fully saturated rings. The van der Waals surface area contributed by atoms with Gasteiger partial charge in [-0.2, -0.15) is 0 Å². The van der Waals surface area contributed by atoms with Crippen LogP contribution in [0.1, 0.15) is 17.2 Å². The molecule has 0 amide bonds. The molecule has 0 radical (unpaired) electrons. The zero-order valence-electron chi connectivity index (χ0n) is 9.75. The molecule has 19 heavy (non-hydrogen) atoms. The number of anilines is 1. The maximum Gasteiger partial charge on any atom is 0.133 e. The highest BCUT2D eigenvalue weighted by molar-refractivity contribution is 9.10. The lowest BCUT2D eigenvalue weighted by Gasteiger charge is -2.14. The van der Waals surface area contributed by atoms with Crippen LogP contribution in [0.5, 0.6) is 5.75 Å². The number of hydrogen-bond acceptors (Lipinski definition) is 2. The maximum absolute atomic E-state index is 14.0. The van der Waals surface area contributed by atoms with Crippen LogP contribution < -0.4 is 5.32 Å². The second-order valence-corrected chi connectivity index (χ2v) is 5.88. The molecule has 5 heteroatoms. The van der Waals surface area contributed by atoms with E-state index in [1.165, 1.54) is 12.1 Å². The van der Waals surface area contributed by atoms with E-state index in [1.54, 1.807) is 0 Å². The molecule has 0 aliphatic carbocycles. The molecule has 0 aromatic heterocycles. The molecule has 1 atom stereocenters. The third kappa shape index (κ3) is 2.30. The molecule has 3 rings (SSSR count). The van der Waals surface area contributed by atoms with E-state index in [0.29, 0.717) is 6.42 Å². The molecule has 0 saturated carbocycles. The highest BCUT2D eigenvalue weighted by Gasteiger charge is 2.27. The highest BCUT2D eigenvalue weighted by Crippen LogP contribution is 2.40. The molecule has 0 spiro atoms. The van der Waals surface area contributed by atoms with Gasteiger partial charge in [-0.15, -0.1) is 0 Å². The minimum atomic E-state index is -0.491. The fraction of sp³-hybridized carbons (Fsp3) is 0.143. The number of benzene rings is 2. The Morgan fingerprint density at radius 1 is 1.32 bits per heavy atom. The second kappa shape index (κ2) is 4.69. The summed E-state index contributed by atoms with van der Waals surface area (Å²) in [4.78, 5) is 0. The van der Waals surface area contributed by atoms with E-state index < -0.39 is 5.82 Å². The summed E-state index contributed by atoms with van der Waals surface area (Å²) >= 11 is 9.12. The predicted octanol–water partition coefficient (Wildman–Crippen LogP) is 4.66. The smallest absolute Gasteiger partial charge is 0.133 e. The van der Waals surface area contributed by atoms with Crippen molar-refractivity contribution in [2.75, 3.05) is 5.32 Å². The lowest BCUT2D eigenvalue weighted by molar-refractivity contribution is 0.453. The SMILES string of the molecule is Oc1cc(Cl)cc(F)c1C1Cc2cc(Br)ccc2N1. The maximum atomic E-state index is 14.0. The van der Waals surface area contributed by atoms with Gasteiger partial charge in [-0.3, -0.25) is 0 Å². The van der Waals surface area contributed by atoms with Crippen molar-refractivity contribution >= 4 is 33.2 Å². The van der Waals surface area contributed by atoms with Gasteiger partial charge in [0, 0.05) is 15.2 Å². The van der Waals surface area contributed by atoms with E-state index in [-0.39, 0.29) is 22.4 Å². The van der Waals surface area contributed by atoms with Gasteiger partial charge in [0.05, 0.1) is 11.6 Å². The van der Waals surface area contributed by atoms with E-state index in [4.69, 9.17) is 11.6 Å². The van der Waals surface area contributed by atoms with Crippen LogP contribution in [-0.4, -0.2) is 5.11 Å². The van der Waals surface area contributed by atoms with Crippen LogP contribution in [-0.2, 0) is 6.42 Å². The molecule has 2 N–H and O–H groups in total. The molecule has 0 saturated heterocycles. The molecule has 2 aromatic carbocycles. The first-order valence-corrected chi connectivity index (χ1v) is 6.94. The number of phenols is 1. The number of phenolic OH excluding ortho intramolecular Hbond substituents is 1. The van der Waals surface area contributed by atoms with Crippen molar-refractivity contribution < 1.29 is 9.50 Å². The van der Waals surface area contributed by atoms with Crippen molar-refractivity contribution in [3.8, 4) is 5.75 Å². The van der Waals surface area contributed by atoms with E-state index in [9.17, 15) is 9.50 Å². The third-order valence-corrected chi connectivity index (χ3v) is 3.95. The Morgan fingerprint density at radius 2 is 2.11 bits per heavy atom. The molecular formula is C14H10BrClFNO. The Hall–Kier alpha value is -1.26. The molecule has 2 nitrogen and oxygen atoms in total. The minimum Gasteiger partial charge on any atom is -0.507 e. The molecule has 98 valence electrons. The number of hydrogen-bond donors (Lipinski definition) is 2. The van der Waals surface area contributed by atoms with Crippen molar-refractivity contribution in [2.24, 2.45) is 0 Å². The van der Waals surface area contributed by atoms with Gasteiger partial charge in [-0.1, -0.05) is 27.5 Å². The second-order valence-electron chi connectivity index (χ2n) is 4.52. The Labute approximate surface area is 123 Å². The number of rotatable bonds is 1. The van der Waals surface area contributed by atoms with Gasteiger partial charge in [-0.05, 0) is 42.3 Å². The third-order valence-electron chi connectivity index (χ3n) is 3.24. The average Bonchev–Trinajstić information content (AvgIpc) is 2.69. The van der Waals surface area contributed by atoms with Crippen molar-refractivity contribution in [1.29, 1.82) is 0 Å². The molecule has 1 aliphatic rings. The van der Waals surface area contributed by atoms with Crippen LogP contribution in [0.3, 0.4) is 0 Å². The molecule has 1 unspecified atom stereocenters. The Bertz CT molecular complexity index is 639. The first kappa shape index (κ1) is 12.8. The highest BCUT2D eigenvalue weighted by atomic mass is 79.9. The normalized spacial score (nSPS) is 17.1. The lowest BCUT2D eigenvalue weighted by Crippen LogP contribution is -2.08. The van der Waals surface area contributed by atoms with Gasteiger partial charge in [0.25, 0.3) is 0 Å². The summed E-state index contributed by atoms with van der Waals surface area (Å²) in [5.74, 6) is -0.608. The molecule has 1 heterocycles. The van der Waals surface area contributed by atoms with Gasteiger partial charge < -0.3 is 10.4 Å². The van der Waals surface area contributed by atoms with Gasteiger partial charge in [0.15, 0.2) is 0 Å². The summed E-state index contributed by atoms with van der Waals surface area (Å²) in [5.41, 5.74) is 2.31. The van der Waals surface area contributed by atoms with E-state index >= 15 is 0 Å². The Balaban J connectivity index is 1.99. The van der Waals surface area contributed by atoms with E-state index in [0.717, 1.165) is 15.7 Å². The summed E-state index contributed by atoms with van der Waals surface area (Å²) in [6.07, 6.45) is 0.626. The van der Waals surface area contributed by atoms with Crippen LogP contribution >= 0.6 is 27.5 Å². The fourth-order valence-electron chi connectivity index (χ4n) is 2.42. The number of fused-ring (bicyclic) bond motifs is 1. The number of halogens is 3. The zero-order valence-corrected chi connectivity index (χ0v) is 12.1. The molecule has 2 aromatic rings. The van der Waals surface area contributed by atoms with Gasteiger partial charge in [0.1, 0.15) is 11.6 Å². The van der Waals surface area contributed by atoms with Crippen LogP contribution in [0.15, 0.2) is 34.8 Å². The van der Waals surface area contributed by atoms with Gasteiger partial charge in [0.2, 0.25) is 0 Å². The van der Waals surface area contributed by atoms with Gasteiger partial charge >= 0.3 is 0 Å². The van der Waals surface area contributed by atoms with Crippen molar-refractivity contribution in [2.45, 2.75) is 12.5 Å². The summed E-state index contributed by atoms with van der Waals surface area (Å²) in [5, 5.41) is 13.3. The first-order valence-electron chi connectivity index (χ1n) is 5.77. The quantitative estimate of drug-likeness (QED) is 0.790. The Kier molecular flexibility index (Phi) is 3.15. The van der Waals surface area contributed by atoms with Crippen molar-refractivity contribution in [3.05, 3.63) is 56.8 Å². The average molecular weight is 343 g/mol. The van der Waals surface area contributed by atoms with Gasteiger partial charge in [-0.25, -0.2) is 4.39 Å². The molecule has 0 bridgehead atoms. The Morgan fingerprint density at radius 3 is 2.84 bits per heavy atom. The topological polar surface area (TPSA) is 32.3 Å². The van der Waals surface area contributed by atoms with Crippen LogP contribution in [0.2, 0.25) is 5.02 Å². The standard InChI is InChI=1S/C14H10BrClFNO/c15-8-1-2-11-7(3-8)4-12(18-11)14-10(17)5-9(16)6-13(14)19/h1-3,5-6,12,18-19H,4H2. The van der Waals surface area contributed by atoms with Crippen molar-refractivity contribution in [1.82, 2.24) is 0 Å². The van der Waals surface area contributed by atoms with E-state index in [1.807, 2.05) is 18.2 Å². The molecule has 1 aliphatic heterocycles. The van der Waals surface area contributed by atoms with E-state index in [2.05, 4.69) is 21.2 Å². The van der Waals surface area contributed by atoms with Crippen LogP contribution in [0, 0.1) is 5.82 Å². The predicted molar refractivity (Wildman–Crippen MR) is 77.3 cm³/mol. The zero-order chi connectivity index (χ0) is 13.6. The molecular weight excluding hydrogens is 333 g/mol.